The Kier molecular flexibility index (Phi) is 4.58. The molecule has 0 aromatic heterocycles. The number of halogens is 1. The fourth-order valence-electron chi connectivity index (χ4n) is 1.87. The number of nitrogens with two attached hydrogens (primary N) is 1. The van der Waals surface area contributed by atoms with Gasteiger partial charge in [0.2, 0.25) is 0 Å². The molecule has 2 aromatic rings. The molecule has 0 saturated carbocycles. The Balaban J connectivity index is 2.13. The normalized spacial score (nSPS) is 12.0. The number of rotatable bonds is 5. The van der Waals surface area contributed by atoms with Gasteiger partial charge in [-0.25, -0.2) is 4.39 Å². The van der Waals surface area contributed by atoms with Crippen LogP contribution in [0.3, 0.4) is 0 Å². The summed E-state index contributed by atoms with van der Waals surface area (Å²) in [7, 11) is 1.58. The lowest BCUT2D eigenvalue weighted by Gasteiger charge is -2.13. The van der Waals surface area contributed by atoms with Crippen LogP contribution in [0.5, 0.6) is 11.5 Å². The molecule has 0 aliphatic rings. The number of methoxy groups -OCH3 is 1. The number of hydrogen-bond donors (Lipinski definition) is 1. The van der Waals surface area contributed by atoms with Crippen LogP contribution in [-0.2, 0) is 6.61 Å². The molecule has 0 amide bonds. The van der Waals surface area contributed by atoms with E-state index in [2.05, 4.69) is 0 Å². The van der Waals surface area contributed by atoms with Gasteiger partial charge in [-0.1, -0.05) is 18.2 Å². The summed E-state index contributed by atoms with van der Waals surface area (Å²) in [5.74, 6) is 0.961. The second-order valence-electron chi connectivity index (χ2n) is 4.62. The first kappa shape index (κ1) is 14.3. The van der Waals surface area contributed by atoms with Crippen LogP contribution in [0.2, 0.25) is 0 Å². The summed E-state index contributed by atoms with van der Waals surface area (Å²) >= 11 is 0. The molecule has 3 nitrogen and oxygen atoms in total. The Hall–Kier alpha value is -2.07. The van der Waals surface area contributed by atoms with Crippen molar-refractivity contribution in [2.24, 2.45) is 5.73 Å². The van der Waals surface area contributed by atoms with E-state index in [1.54, 1.807) is 13.2 Å². The van der Waals surface area contributed by atoms with Crippen molar-refractivity contribution < 1.29 is 13.9 Å². The van der Waals surface area contributed by atoms with Crippen LogP contribution in [0, 0.1) is 5.82 Å². The zero-order chi connectivity index (χ0) is 14.5. The third-order valence-corrected chi connectivity index (χ3v) is 3.00. The fourth-order valence-corrected chi connectivity index (χ4v) is 1.87. The van der Waals surface area contributed by atoms with E-state index >= 15 is 0 Å². The fraction of sp³-hybridized carbons (Fsp3) is 0.250. The summed E-state index contributed by atoms with van der Waals surface area (Å²) in [6.45, 7) is 2.19. The van der Waals surface area contributed by atoms with Gasteiger partial charge in [0.15, 0.2) is 11.5 Å². The van der Waals surface area contributed by atoms with Crippen molar-refractivity contribution in [2.75, 3.05) is 7.11 Å². The van der Waals surface area contributed by atoms with Crippen LogP contribution in [-0.4, -0.2) is 7.11 Å². The molecule has 1 atom stereocenters. The molecule has 0 fully saturated rings. The second kappa shape index (κ2) is 6.39. The lowest BCUT2D eigenvalue weighted by atomic mass is 10.1. The van der Waals surface area contributed by atoms with E-state index in [4.69, 9.17) is 15.2 Å². The Morgan fingerprint density at radius 3 is 2.60 bits per heavy atom. The number of benzene rings is 2. The Morgan fingerprint density at radius 2 is 1.95 bits per heavy atom. The van der Waals surface area contributed by atoms with Crippen LogP contribution in [0.1, 0.15) is 24.1 Å². The van der Waals surface area contributed by atoms with E-state index < -0.39 is 0 Å². The molecule has 0 aliphatic heterocycles. The molecule has 0 aliphatic carbocycles. The van der Waals surface area contributed by atoms with Gasteiger partial charge >= 0.3 is 0 Å². The molecule has 0 unspecified atom stereocenters. The van der Waals surface area contributed by atoms with Crippen molar-refractivity contribution in [2.45, 2.75) is 19.6 Å². The largest absolute Gasteiger partial charge is 0.493 e. The Morgan fingerprint density at radius 1 is 1.15 bits per heavy atom. The minimum atomic E-state index is -0.273. The van der Waals surface area contributed by atoms with Crippen molar-refractivity contribution in [1.82, 2.24) is 0 Å². The van der Waals surface area contributed by atoms with Crippen LogP contribution < -0.4 is 15.2 Å². The van der Waals surface area contributed by atoms with Gasteiger partial charge in [0.1, 0.15) is 12.4 Å². The van der Waals surface area contributed by atoms with Crippen molar-refractivity contribution in [3.8, 4) is 11.5 Å². The summed E-state index contributed by atoms with van der Waals surface area (Å²) in [6, 6.07) is 11.8. The molecule has 20 heavy (non-hydrogen) atoms. The highest BCUT2D eigenvalue weighted by molar-refractivity contribution is 5.43. The molecule has 0 spiro atoms. The van der Waals surface area contributed by atoms with Gasteiger partial charge in [-0.3, -0.25) is 0 Å². The third kappa shape index (κ3) is 3.48. The minimum Gasteiger partial charge on any atom is -0.493 e. The zero-order valence-electron chi connectivity index (χ0n) is 11.6. The van der Waals surface area contributed by atoms with Gasteiger partial charge in [0.25, 0.3) is 0 Å². The smallest absolute Gasteiger partial charge is 0.161 e. The summed E-state index contributed by atoms with van der Waals surface area (Å²) in [5.41, 5.74) is 7.57. The highest BCUT2D eigenvalue weighted by Gasteiger charge is 2.08. The van der Waals surface area contributed by atoms with Crippen molar-refractivity contribution in [1.29, 1.82) is 0 Å². The standard InChI is InChI=1S/C16H18FNO2/c1-11(18)13-6-7-15(16(9-13)19-2)20-10-12-4-3-5-14(17)8-12/h3-9,11H,10,18H2,1-2H3/t11-/m1/s1. The molecular formula is C16H18FNO2. The Bertz CT molecular complexity index is 584. The quantitative estimate of drug-likeness (QED) is 0.909. The maximum absolute atomic E-state index is 13.1. The molecule has 106 valence electrons. The monoisotopic (exact) mass is 275 g/mol. The second-order valence-corrected chi connectivity index (χ2v) is 4.62. The zero-order valence-corrected chi connectivity index (χ0v) is 11.6. The summed E-state index contributed by atoms with van der Waals surface area (Å²) in [6.07, 6.45) is 0. The maximum Gasteiger partial charge on any atom is 0.161 e. The highest BCUT2D eigenvalue weighted by Crippen LogP contribution is 2.30. The topological polar surface area (TPSA) is 44.5 Å². The highest BCUT2D eigenvalue weighted by atomic mass is 19.1. The van der Waals surface area contributed by atoms with Gasteiger partial charge in [-0.2, -0.15) is 0 Å². The molecule has 0 heterocycles. The van der Waals surface area contributed by atoms with Crippen LogP contribution in [0.15, 0.2) is 42.5 Å². The van der Waals surface area contributed by atoms with Crippen LogP contribution >= 0.6 is 0 Å². The SMILES string of the molecule is COc1cc([C@@H](C)N)ccc1OCc1cccc(F)c1. The van der Waals surface area contributed by atoms with Crippen LogP contribution in [0.25, 0.3) is 0 Å². The van der Waals surface area contributed by atoms with Crippen LogP contribution in [0.4, 0.5) is 4.39 Å². The number of hydrogen-bond acceptors (Lipinski definition) is 3. The molecular weight excluding hydrogens is 257 g/mol. The van der Waals surface area contributed by atoms with Crippen molar-refractivity contribution in [3.63, 3.8) is 0 Å². The van der Waals surface area contributed by atoms with Gasteiger partial charge in [-0.15, -0.1) is 0 Å². The van der Waals surface area contributed by atoms with E-state index in [-0.39, 0.29) is 18.5 Å². The first-order chi connectivity index (χ1) is 9.60. The molecule has 4 heteroatoms. The molecule has 0 radical (unpaired) electrons. The van der Waals surface area contributed by atoms with E-state index in [1.807, 2.05) is 31.2 Å². The molecule has 0 saturated heterocycles. The number of ether oxygens (including phenoxy) is 2. The molecule has 0 bridgehead atoms. The van der Waals surface area contributed by atoms with Gasteiger partial charge in [0, 0.05) is 6.04 Å². The predicted octanol–water partition coefficient (Wildman–Crippen LogP) is 3.43. The minimum absolute atomic E-state index is 0.0684. The van der Waals surface area contributed by atoms with Crippen molar-refractivity contribution in [3.05, 3.63) is 59.4 Å². The Labute approximate surface area is 118 Å². The van der Waals surface area contributed by atoms with Gasteiger partial charge in [-0.05, 0) is 42.3 Å². The van der Waals surface area contributed by atoms with Gasteiger partial charge < -0.3 is 15.2 Å². The summed E-state index contributed by atoms with van der Waals surface area (Å²) in [4.78, 5) is 0. The molecule has 2 aromatic carbocycles. The lowest BCUT2D eigenvalue weighted by Crippen LogP contribution is -2.05. The molecule has 2 N–H and O–H groups in total. The maximum atomic E-state index is 13.1. The molecule has 2 rings (SSSR count). The van der Waals surface area contributed by atoms with E-state index in [1.165, 1.54) is 12.1 Å². The van der Waals surface area contributed by atoms with Gasteiger partial charge in [0.05, 0.1) is 7.11 Å². The third-order valence-electron chi connectivity index (χ3n) is 3.00. The summed E-state index contributed by atoms with van der Waals surface area (Å²) in [5, 5.41) is 0. The first-order valence-electron chi connectivity index (χ1n) is 6.41. The van der Waals surface area contributed by atoms with Crippen molar-refractivity contribution >= 4 is 0 Å². The lowest BCUT2D eigenvalue weighted by molar-refractivity contribution is 0.284. The van der Waals surface area contributed by atoms with E-state index in [0.29, 0.717) is 11.5 Å². The van der Waals surface area contributed by atoms with E-state index in [9.17, 15) is 4.39 Å². The average Bonchev–Trinajstić information content (AvgIpc) is 2.45. The predicted molar refractivity (Wildman–Crippen MR) is 76.3 cm³/mol. The van der Waals surface area contributed by atoms with E-state index in [0.717, 1.165) is 11.1 Å². The average molecular weight is 275 g/mol. The first-order valence-corrected chi connectivity index (χ1v) is 6.41. The summed E-state index contributed by atoms with van der Waals surface area (Å²) < 4.78 is 24.1.